The Bertz CT molecular complexity index is 1110. The van der Waals surface area contributed by atoms with Crippen molar-refractivity contribution in [1.29, 1.82) is 0 Å². The Hall–Kier alpha value is -3.55. The van der Waals surface area contributed by atoms with Gasteiger partial charge in [-0.2, -0.15) is 0 Å². The van der Waals surface area contributed by atoms with Gasteiger partial charge in [-0.15, -0.1) is 0 Å². The molecule has 2 saturated heterocycles. The zero-order chi connectivity index (χ0) is 29.6. The Labute approximate surface area is 251 Å². The van der Waals surface area contributed by atoms with E-state index < -0.39 is 12.1 Å². The molecule has 0 saturated carbocycles. The van der Waals surface area contributed by atoms with Gasteiger partial charge in [0.1, 0.15) is 11.8 Å². The Morgan fingerprint density at radius 3 is 2.21 bits per heavy atom. The van der Waals surface area contributed by atoms with E-state index in [4.69, 9.17) is 4.74 Å². The summed E-state index contributed by atoms with van der Waals surface area (Å²) >= 11 is 0. The minimum absolute atomic E-state index is 0.0241. The van der Waals surface area contributed by atoms with Crippen LogP contribution in [-0.2, 0) is 16.0 Å². The summed E-state index contributed by atoms with van der Waals surface area (Å²) in [7, 11) is 0. The molecule has 4 rings (SSSR count). The normalized spacial score (nSPS) is 16.5. The van der Waals surface area contributed by atoms with Crippen LogP contribution in [0.15, 0.2) is 54.6 Å². The van der Waals surface area contributed by atoms with Crippen molar-refractivity contribution in [2.24, 2.45) is 5.92 Å². The van der Waals surface area contributed by atoms with Crippen LogP contribution in [0.1, 0.15) is 76.7 Å². The van der Waals surface area contributed by atoms with Crippen molar-refractivity contribution >= 4 is 23.5 Å². The van der Waals surface area contributed by atoms with Gasteiger partial charge in [0.05, 0.1) is 6.61 Å². The molecule has 42 heavy (non-hydrogen) atoms. The summed E-state index contributed by atoms with van der Waals surface area (Å²) in [6.07, 6.45) is 11.0. The molecular formula is C34H48N4O4. The molecule has 2 N–H and O–H groups in total. The molecule has 0 bridgehead atoms. The molecule has 2 aliphatic heterocycles. The van der Waals surface area contributed by atoms with Gasteiger partial charge in [-0.3, -0.25) is 9.59 Å². The second kappa shape index (κ2) is 16.8. The number of piperidine rings is 2. The summed E-state index contributed by atoms with van der Waals surface area (Å²) in [5.74, 6) is 0.879. The number of ether oxygens (including phenoxy) is 1. The Morgan fingerprint density at radius 1 is 0.833 bits per heavy atom. The van der Waals surface area contributed by atoms with Gasteiger partial charge in [0, 0.05) is 44.2 Å². The van der Waals surface area contributed by atoms with Gasteiger partial charge in [0.2, 0.25) is 11.8 Å². The zero-order valence-corrected chi connectivity index (χ0v) is 25.2. The first kappa shape index (κ1) is 31.4. The van der Waals surface area contributed by atoms with Gasteiger partial charge in [-0.25, -0.2) is 4.79 Å². The predicted octanol–water partition coefficient (Wildman–Crippen LogP) is 6.02. The SMILES string of the molecule is CCCCCCCOc1ccc(NC(=O)N[C@@H](Cc2ccccc2)C(=O)N2CCC(C(=O)N3CCCCC3)CC2)cc1. The first-order valence-electron chi connectivity index (χ1n) is 16.0. The number of likely N-dealkylation sites (tertiary alicyclic amines) is 2. The summed E-state index contributed by atoms with van der Waals surface area (Å²) in [6, 6.07) is 15.9. The van der Waals surface area contributed by atoms with Gasteiger partial charge in [0.25, 0.3) is 0 Å². The lowest BCUT2D eigenvalue weighted by Gasteiger charge is -2.37. The van der Waals surface area contributed by atoms with E-state index in [1.807, 2.05) is 64.4 Å². The first-order chi connectivity index (χ1) is 20.5. The van der Waals surface area contributed by atoms with Gasteiger partial charge < -0.3 is 25.2 Å². The molecule has 0 spiro atoms. The highest BCUT2D eigenvalue weighted by Gasteiger charge is 2.33. The Morgan fingerprint density at radius 2 is 1.52 bits per heavy atom. The maximum atomic E-state index is 13.7. The van der Waals surface area contributed by atoms with E-state index in [1.54, 1.807) is 0 Å². The number of urea groups is 1. The number of benzene rings is 2. The van der Waals surface area contributed by atoms with E-state index >= 15 is 0 Å². The molecule has 1 atom stereocenters. The van der Waals surface area contributed by atoms with E-state index in [0.717, 1.165) is 43.7 Å². The lowest BCUT2D eigenvalue weighted by atomic mass is 9.93. The lowest BCUT2D eigenvalue weighted by molar-refractivity contribution is -0.142. The topological polar surface area (TPSA) is 91.0 Å². The number of nitrogens with one attached hydrogen (secondary N) is 2. The van der Waals surface area contributed by atoms with Crippen molar-refractivity contribution in [2.45, 2.75) is 83.6 Å². The van der Waals surface area contributed by atoms with Crippen molar-refractivity contribution in [1.82, 2.24) is 15.1 Å². The molecular weight excluding hydrogens is 528 g/mol. The molecule has 8 heteroatoms. The van der Waals surface area contributed by atoms with Crippen LogP contribution in [-0.4, -0.2) is 66.5 Å². The second-order valence-electron chi connectivity index (χ2n) is 11.6. The number of carbonyl (C=O) groups is 3. The number of hydrogen-bond acceptors (Lipinski definition) is 4. The van der Waals surface area contributed by atoms with Crippen molar-refractivity contribution < 1.29 is 19.1 Å². The molecule has 0 aliphatic carbocycles. The molecule has 2 heterocycles. The number of amides is 4. The fraction of sp³-hybridized carbons (Fsp3) is 0.559. The van der Waals surface area contributed by atoms with Crippen LogP contribution in [0, 0.1) is 5.92 Å². The quantitative estimate of drug-likeness (QED) is 0.285. The number of carbonyl (C=O) groups excluding carboxylic acids is 3. The van der Waals surface area contributed by atoms with Crippen molar-refractivity contribution in [3.63, 3.8) is 0 Å². The van der Waals surface area contributed by atoms with E-state index in [9.17, 15) is 14.4 Å². The average Bonchev–Trinajstić information content (AvgIpc) is 3.03. The van der Waals surface area contributed by atoms with Gasteiger partial charge in [-0.05, 0) is 68.4 Å². The molecule has 4 amide bonds. The largest absolute Gasteiger partial charge is 0.494 e. The first-order valence-corrected chi connectivity index (χ1v) is 16.0. The second-order valence-corrected chi connectivity index (χ2v) is 11.6. The Kier molecular flexibility index (Phi) is 12.5. The van der Waals surface area contributed by atoms with E-state index in [0.29, 0.717) is 44.6 Å². The fourth-order valence-electron chi connectivity index (χ4n) is 5.85. The number of unbranched alkanes of at least 4 members (excludes halogenated alkanes) is 4. The van der Waals surface area contributed by atoms with Crippen LogP contribution in [0.3, 0.4) is 0 Å². The van der Waals surface area contributed by atoms with Crippen molar-refractivity contribution in [3.8, 4) is 5.75 Å². The number of hydrogen-bond donors (Lipinski definition) is 2. The molecule has 0 radical (unpaired) electrons. The third-order valence-corrected chi connectivity index (χ3v) is 8.34. The molecule has 2 aromatic rings. The zero-order valence-electron chi connectivity index (χ0n) is 25.2. The lowest BCUT2D eigenvalue weighted by Crippen LogP contribution is -2.53. The van der Waals surface area contributed by atoms with E-state index in [1.165, 1.54) is 32.1 Å². The molecule has 0 aromatic heterocycles. The summed E-state index contributed by atoms with van der Waals surface area (Å²) in [5, 5.41) is 5.79. The smallest absolute Gasteiger partial charge is 0.319 e. The highest BCUT2D eigenvalue weighted by Crippen LogP contribution is 2.23. The highest BCUT2D eigenvalue weighted by atomic mass is 16.5. The molecule has 2 aromatic carbocycles. The van der Waals surface area contributed by atoms with Crippen LogP contribution in [0.4, 0.5) is 10.5 Å². The third-order valence-electron chi connectivity index (χ3n) is 8.34. The predicted molar refractivity (Wildman–Crippen MR) is 167 cm³/mol. The van der Waals surface area contributed by atoms with Crippen LogP contribution in [0.25, 0.3) is 0 Å². The summed E-state index contributed by atoms with van der Waals surface area (Å²) in [4.78, 5) is 43.5. The van der Waals surface area contributed by atoms with Gasteiger partial charge in [-0.1, -0.05) is 62.9 Å². The number of anilines is 1. The number of rotatable bonds is 13. The highest BCUT2D eigenvalue weighted by molar-refractivity contribution is 5.94. The summed E-state index contributed by atoms with van der Waals surface area (Å²) in [6.45, 7) is 5.65. The molecule has 0 unspecified atom stereocenters. The van der Waals surface area contributed by atoms with Crippen LogP contribution < -0.4 is 15.4 Å². The minimum Gasteiger partial charge on any atom is -0.494 e. The van der Waals surface area contributed by atoms with Crippen LogP contribution in [0.5, 0.6) is 5.75 Å². The molecule has 2 aliphatic rings. The fourth-order valence-corrected chi connectivity index (χ4v) is 5.85. The van der Waals surface area contributed by atoms with Gasteiger partial charge >= 0.3 is 6.03 Å². The maximum absolute atomic E-state index is 13.7. The van der Waals surface area contributed by atoms with Crippen molar-refractivity contribution in [3.05, 3.63) is 60.2 Å². The van der Waals surface area contributed by atoms with Crippen molar-refractivity contribution in [2.75, 3.05) is 38.1 Å². The van der Waals surface area contributed by atoms with Gasteiger partial charge in [0.15, 0.2) is 0 Å². The summed E-state index contributed by atoms with van der Waals surface area (Å²) < 4.78 is 5.83. The average molecular weight is 577 g/mol. The Balaban J connectivity index is 1.29. The van der Waals surface area contributed by atoms with E-state index in [-0.39, 0.29) is 17.7 Å². The monoisotopic (exact) mass is 576 g/mol. The van der Waals surface area contributed by atoms with E-state index in [2.05, 4.69) is 17.6 Å². The summed E-state index contributed by atoms with van der Waals surface area (Å²) in [5.41, 5.74) is 1.60. The minimum atomic E-state index is -0.711. The molecule has 228 valence electrons. The molecule has 2 fully saturated rings. The number of nitrogens with zero attached hydrogens (tertiary/aromatic N) is 2. The standard InChI is InChI=1S/C34H48N4O4/c1-2-3-4-5-12-25-42-30-17-15-29(16-18-30)35-34(41)36-31(26-27-13-8-6-9-14-27)33(40)38-23-19-28(20-24-38)32(39)37-21-10-7-11-22-37/h6,8-9,13-18,28,31H,2-5,7,10-12,19-26H2,1H3,(H2,35,36,41)/t31-/m0/s1. The van der Waals surface area contributed by atoms with Crippen LogP contribution in [0.2, 0.25) is 0 Å². The maximum Gasteiger partial charge on any atom is 0.319 e. The third kappa shape index (κ3) is 9.78. The van der Waals surface area contributed by atoms with Crippen LogP contribution >= 0.6 is 0 Å². The molecule has 8 nitrogen and oxygen atoms in total.